The Balaban J connectivity index is 2.24. The quantitative estimate of drug-likeness (QED) is 0.309. The van der Waals surface area contributed by atoms with E-state index in [4.69, 9.17) is 9.66 Å². The van der Waals surface area contributed by atoms with Crippen LogP contribution in [0.2, 0.25) is 0 Å². The fourth-order valence-electron chi connectivity index (χ4n) is 2.18. The lowest BCUT2D eigenvalue weighted by molar-refractivity contribution is 0.0693. The lowest BCUT2D eigenvalue weighted by Gasteiger charge is -2.11. The van der Waals surface area contributed by atoms with Gasteiger partial charge in [0.05, 0.1) is 0 Å². The van der Waals surface area contributed by atoms with Crippen molar-refractivity contribution < 1.29 is 43.3 Å². The van der Waals surface area contributed by atoms with Crippen LogP contribution >= 0.6 is 11.8 Å². The highest BCUT2D eigenvalue weighted by molar-refractivity contribution is 7.97. The molecule has 9 nitrogen and oxygen atoms in total. The molecule has 0 aliphatic heterocycles. The van der Waals surface area contributed by atoms with Crippen molar-refractivity contribution >= 4 is 27.8 Å². The van der Waals surface area contributed by atoms with E-state index in [9.17, 15) is 33.6 Å². The summed E-state index contributed by atoms with van der Waals surface area (Å²) in [6.45, 7) is 0. The van der Waals surface area contributed by atoms with Crippen molar-refractivity contribution in [2.75, 3.05) is 0 Å². The first-order chi connectivity index (χ1) is 12.0. The highest BCUT2D eigenvalue weighted by atomic mass is 32.2. The Morgan fingerprint density at radius 3 is 1.88 bits per heavy atom. The van der Waals surface area contributed by atoms with Crippen molar-refractivity contribution in [2.45, 2.75) is 16.4 Å². The Hall–Kier alpha value is -2.63. The Labute approximate surface area is 151 Å². The third-order valence-electron chi connectivity index (χ3n) is 3.34. The summed E-state index contributed by atoms with van der Waals surface area (Å²) in [4.78, 5) is 10.2. The van der Waals surface area contributed by atoms with Gasteiger partial charge in [0.1, 0.15) is 33.5 Å². The summed E-state index contributed by atoms with van der Waals surface area (Å²) in [5.74, 6) is -3.56. The molecular weight excluding hydrogens is 388 g/mol. The average molecular weight is 402 g/mol. The van der Waals surface area contributed by atoms with Crippen LogP contribution in [0.4, 0.5) is 0 Å². The van der Waals surface area contributed by atoms with E-state index in [1.165, 1.54) is 6.07 Å². The summed E-state index contributed by atoms with van der Waals surface area (Å²) in [7, 11) is -4.74. The molecule has 0 fully saturated rings. The number of aromatic carboxylic acids is 1. The number of phenols is 4. The van der Waals surface area contributed by atoms with Crippen LogP contribution in [0.25, 0.3) is 0 Å². The van der Waals surface area contributed by atoms with Crippen molar-refractivity contribution in [3.05, 3.63) is 41.0 Å². The molecule has 0 aromatic heterocycles. The Kier molecular flexibility index (Phi) is 5.54. The minimum atomic E-state index is -4.74. The van der Waals surface area contributed by atoms with Crippen LogP contribution in [-0.2, 0) is 21.6 Å². The van der Waals surface area contributed by atoms with Crippen LogP contribution in [0.3, 0.4) is 0 Å². The molecule has 26 heavy (non-hydrogen) atoms. The first-order valence-electron chi connectivity index (χ1n) is 6.89. The first-order valence-corrected chi connectivity index (χ1v) is 9.48. The summed E-state index contributed by atoms with van der Waals surface area (Å²) in [6, 6.07) is 3.85. The lowest BCUT2D eigenvalue weighted by Crippen LogP contribution is -2.00. The molecule has 0 saturated heterocycles. The number of hydrogen-bond donors (Lipinski definition) is 6. The molecule has 0 unspecified atom stereocenters. The van der Waals surface area contributed by atoms with E-state index >= 15 is 0 Å². The molecule has 140 valence electrons. The lowest BCUT2D eigenvalue weighted by atomic mass is 10.1. The molecule has 6 N–H and O–H groups in total. The molecular formula is C15H14O9S2. The van der Waals surface area contributed by atoms with Crippen molar-refractivity contribution in [3.8, 4) is 23.0 Å². The van der Waals surface area contributed by atoms with Crippen LogP contribution in [0.15, 0.2) is 29.2 Å². The molecule has 0 bridgehead atoms. The third kappa shape index (κ3) is 4.31. The number of hydrogen-bond acceptors (Lipinski definition) is 8. The minimum Gasteiger partial charge on any atom is -0.508 e. The van der Waals surface area contributed by atoms with Gasteiger partial charge in [-0.25, -0.2) is 4.79 Å². The minimum absolute atomic E-state index is 0.000672. The SMILES string of the molecule is O=C(O)c1cc(O)cc(CSCc2cc(O)cc(S(=O)(=O)O)c2O)c1O. The highest BCUT2D eigenvalue weighted by Crippen LogP contribution is 2.36. The zero-order valence-corrected chi connectivity index (χ0v) is 14.6. The van der Waals surface area contributed by atoms with Gasteiger partial charge in [0.15, 0.2) is 0 Å². The smallest absolute Gasteiger partial charge is 0.339 e. The van der Waals surface area contributed by atoms with Gasteiger partial charge in [-0.3, -0.25) is 4.55 Å². The molecule has 0 atom stereocenters. The molecule has 0 aliphatic rings. The van der Waals surface area contributed by atoms with Crippen LogP contribution in [0, 0.1) is 0 Å². The fraction of sp³-hybridized carbons (Fsp3) is 0.133. The second-order valence-corrected chi connectivity index (χ2v) is 7.60. The second-order valence-electron chi connectivity index (χ2n) is 5.23. The van der Waals surface area contributed by atoms with Crippen LogP contribution < -0.4 is 0 Å². The van der Waals surface area contributed by atoms with E-state index in [1.54, 1.807) is 0 Å². The van der Waals surface area contributed by atoms with Crippen LogP contribution in [0.1, 0.15) is 21.5 Å². The largest absolute Gasteiger partial charge is 0.508 e. The summed E-state index contributed by atoms with van der Waals surface area (Å²) < 4.78 is 31.4. The summed E-state index contributed by atoms with van der Waals surface area (Å²) >= 11 is 1.03. The normalized spacial score (nSPS) is 11.4. The Morgan fingerprint density at radius 2 is 1.38 bits per heavy atom. The van der Waals surface area contributed by atoms with E-state index in [0.29, 0.717) is 6.07 Å². The van der Waals surface area contributed by atoms with Crippen molar-refractivity contribution in [3.63, 3.8) is 0 Å². The maximum absolute atomic E-state index is 11.2. The summed E-state index contributed by atoms with van der Waals surface area (Å²) in [5, 5.41) is 47.9. The van der Waals surface area contributed by atoms with Gasteiger partial charge in [0.2, 0.25) is 0 Å². The number of carbonyl (C=O) groups is 1. The molecule has 0 saturated carbocycles. The van der Waals surface area contributed by atoms with Gasteiger partial charge in [0, 0.05) is 28.7 Å². The predicted octanol–water partition coefficient (Wildman–Crippen LogP) is 1.89. The van der Waals surface area contributed by atoms with E-state index in [2.05, 4.69) is 0 Å². The molecule has 2 rings (SSSR count). The predicted molar refractivity (Wildman–Crippen MR) is 91.3 cm³/mol. The van der Waals surface area contributed by atoms with Gasteiger partial charge >= 0.3 is 5.97 Å². The van der Waals surface area contributed by atoms with Crippen molar-refractivity contribution in [1.82, 2.24) is 0 Å². The van der Waals surface area contributed by atoms with E-state index < -0.39 is 43.8 Å². The van der Waals surface area contributed by atoms with Crippen LogP contribution in [-0.4, -0.2) is 44.5 Å². The number of thioether (sulfide) groups is 1. The van der Waals surface area contributed by atoms with E-state index in [1.807, 2.05) is 0 Å². The summed E-state index contributed by atoms with van der Waals surface area (Å²) in [6.07, 6.45) is 0. The maximum atomic E-state index is 11.2. The molecule has 2 aromatic carbocycles. The Bertz CT molecular complexity index is 968. The number of benzene rings is 2. The second kappa shape index (κ2) is 7.32. The summed E-state index contributed by atoms with van der Waals surface area (Å²) in [5.41, 5.74) is -0.364. The highest BCUT2D eigenvalue weighted by Gasteiger charge is 2.20. The fourth-order valence-corrected chi connectivity index (χ4v) is 3.80. The zero-order valence-electron chi connectivity index (χ0n) is 12.9. The Morgan fingerprint density at radius 1 is 0.885 bits per heavy atom. The molecule has 0 radical (unpaired) electrons. The average Bonchev–Trinajstić information content (AvgIpc) is 2.51. The van der Waals surface area contributed by atoms with Gasteiger partial charge < -0.3 is 25.5 Å². The molecule has 0 heterocycles. The number of phenolic OH excluding ortho intramolecular Hbond substituents is 3. The molecule has 11 heteroatoms. The molecule has 0 aliphatic carbocycles. The monoisotopic (exact) mass is 402 g/mol. The van der Waals surface area contributed by atoms with E-state index in [0.717, 1.165) is 23.9 Å². The number of rotatable bonds is 6. The van der Waals surface area contributed by atoms with Gasteiger partial charge in [-0.05, 0) is 18.2 Å². The number of carboxylic acids is 1. The molecule has 2 aromatic rings. The van der Waals surface area contributed by atoms with Crippen molar-refractivity contribution in [1.29, 1.82) is 0 Å². The number of carboxylic acid groups (broad SMARTS) is 1. The van der Waals surface area contributed by atoms with Gasteiger partial charge in [0.25, 0.3) is 10.1 Å². The van der Waals surface area contributed by atoms with Gasteiger partial charge in [-0.15, -0.1) is 0 Å². The van der Waals surface area contributed by atoms with E-state index in [-0.39, 0.29) is 28.4 Å². The first kappa shape index (κ1) is 19.7. The van der Waals surface area contributed by atoms with Crippen molar-refractivity contribution in [2.24, 2.45) is 0 Å². The molecule has 0 amide bonds. The van der Waals surface area contributed by atoms with Gasteiger partial charge in [-0.1, -0.05) is 0 Å². The maximum Gasteiger partial charge on any atom is 0.339 e. The van der Waals surface area contributed by atoms with Crippen LogP contribution in [0.5, 0.6) is 23.0 Å². The standard InChI is InChI=1S/C15H14O9S2/c16-9-1-7(13(18)11(3-9)15(20)21)5-25-6-8-2-10(17)4-12(14(8)19)26(22,23)24/h1-4,16-19H,5-6H2,(H,20,21)(H,22,23,24). The van der Waals surface area contributed by atoms with Gasteiger partial charge in [-0.2, -0.15) is 20.2 Å². The number of aromatic hydroxyl groups is 4. The topological polar surface area (TPSA) is 173 Å². The molecule has 0 spiro atoms. The zero-order chi connectivity index (χ0) is 19.6. The third-order valence-corrected chi connectivity index (χ3v) is 5.23.